The SMILES string of the molecule is C=C1CC2CC(N=O)CC(NC(=O)OC(C)(C)C)(C1)C2. The Morgan fingerprint density at radius 3 is 2.75 bits per heavy atom. The molecule has 0 aromatic rings. The average Bonchev–Trinajstić information content (AvgIpc) is 2.23. The zero-order chi connectivity index (χ0) is 15.0. The molecule has 0 radical (unpaired) electrons. The Hall–Kier alpha value is -1.39. The second-order valence-electron chi connectivity index (χ2n) is 7.31. The fourth-order valence-electron chi connectivity index (χ4n) is 3.64. The van der Waals surface area contributed by atoms with Gasteiger partial charge in [0.15, 0.2) is 0 Å². The number of rotatable bonds is 2. The molecule has 0 aromatic carbocycles. The molecule has 5 heteroatoms. The van der Waals surface area contributed by atoms with Gasteiger partial charge in [0.05, 0.1) is 6.04 Å². The molecule has 2 aliphatic carbocycles. The predicted molar refractivity (Wildman–Crippen MR) is 77.4 cm³/mol. The number of alkyl carbamates (subject to hydrolysis) is 1. The molecule has 112 valence electrons. The molecule has 2 saturated carbocycles. The van der Waals surface area contributed by atoms with Crippen LogP contribution in [-0.4, -0.2) is 23.3 Å². The Bertz CT molecular complexity index is 427. The van der Waals surface area contributed by atoms with Crippen LogP contribution in [0.5, 0.6) is 0 Å². The zero-order valence-corrected chi connectivity index (χ0v) is 12.6. The maximum absolute atomic E-state index is 12.1. The van der Waals surface area contributed by atoms with Gasteiger partial charge in [0.25, 0.3) is 0 Å². The number of carbonyl (C=O) groups is 1. The third-order valence-electron chi connectivity index (χ3n) is 3.99. The third kappa shape index (κ3) is 3.58. The van der Waals surface area contributed by atoms with E-state index in [2.05, 4.69) is 17.1 Å². The minimum atomic E-state index is -0.525. The molecular weight excluding hydrogens is 256 g/mol. The third-order valence-corrected chi connectivity index (χ3v) is 3.99. The zero-order valence-electron chi connectivity index (χ0n) is 12.6. The molecule has 0 saturated heterocycles. The van der Waals surface area contributed by atoms with Gasteiger partial charge in [-0.2, -0.15) is 4.91 Å². The van der Waals surface area contributed by atoms with Crippen LogP contribution in [0, 0.1) is 10.8 Å². The number of nitrogens with one attached hydrogen (secondary N) is 1. The summed E-state index contributed by atoms with van der Waals surface area (Å²) in [6.45, 7) is 9.58. The smallest absolute Gasteiger partial charge is 0.408 e. The molecule has 3 unspecified atom stereocenters. The van der Waals surface area contributed by atoms with Gasteiger partial charge in [-0.05, 0) is 58.8 Å². The first-order valence-electron chi connectivity index (χ1n) is 7.22. The number of nitrogens with zero attached hydrogens (tertiary/aromatic N) is 1. The van der Waals surface area contributed by atoms with E-state index >= 15 is 0 Å². The quantitative estimate of drug-likeness (QED) is 0.621. The lowest BCUT2D eigenvalue weighted by molar-refractivity contribution is 0.0361. The summed E-state index contributed by atoms with van der Waals surface area (Å²) in [5, 5.41) is 6.20. The molecule has 0 aliphatic heterocycles. The van der Waals surface area contributed by atoms with Gasteiger partial charge in [-0.25, -0.2) is 4.79 Å². The van der Waals surface area contributed by atoms with Crippen molar-refractivity contribution >= 4 is 6.09 Å². The van der Waals surface area contributed by atoms with Gasteiger partial charge in [-0.1, -0.05) is 17.3 Å². The number of hydrogen-bond acceptors (Lipinski definition) is 4. The highest BCUT2D eigenvalue weighted by Gasteiger charge is 2.46. The summed E-state index contributed by atoms with van der Waals surface area (Å²) in [6.07, 6.45) is 3.51. The van der Waals surface area contributed by atoms with Gasteiger partial charge in [0, 0.05) is 5.54 Å². The van der Waals surface area contributed by atoms with E-state index in [1.54, 1.807) is 0 Å². The number of fused-ring (bicyclic) bond motifs is 2. The molecule has 0 aromatic heterocycles. The lowest BCUT2D eigenvalue weighted by Crippen LogP contribution is -2.57. The highest BCUT2D eigenvalue weighted by atomic mass is 16.6. The molecule has 2 fully saturated rings. The van der Waals surface area contributed by atoms with Crippen LogP contribution >= 0.6 is 0 Å². The second-order valence-corrected chi connectivity index (χ2v) is 7.31. The van der Waals surface area contributed by atoms with Gasteiger partial charge in [0.2, 0.25) is 0 Å². The van der Waals surface area contributed by atoms with E-state index in [1.165, 1.54) is 0 Å². The van der Waals surface area contributed by atoms with Gasteiger partial charge < -0.3 is 10.1 Å². The van der Waals surface area contributed by atoms with Crippen LogP contribution in [0.3, 0.4) is 0 Å². The average molecular weight is 280 g/mol. The van der Waals surface area contributed by atoms with Crippen molar-refractivity contribution in [2.45, 2.75) is 70.1 Å². The molecule has 2 bridgehead atoms. The molecule has 2 rings (SSSR count). The first-order valence-corrected chi connectivity index (χ1v) is 7.22. The molecule has 1 N–H and O–H groups in total. The Morgan fingerprint density at radius 2 is 2.15 bits per heavy atom. The van der Waals surface area contributed by atoms with Crippen LogP contribution in [0.15, 0.2) is 17.3 Å². The van der Waals surface area contributed by atoms with Gasteiger partial charge in [-0.15, -0.1) is 0 Å². The molecule has 0 heterocycles. The summed E-state index contributed by atoms with van der Waals surface area (Å²) in [6, 6.07) is -0.211. The Kier molecular flexibility index (Phi) is 3.89. The second kappa shape index (κ2) is 5.19. The van der Waals surface area contributed by atoms with Crippen LogP contribution in [0.2, 0.25) is 0 Å². The number of ether oxygens (including phenoxy) is 1. The van der Waals surface area contributed by atoms with Crippen LogP contribution in [0.25, 0.3) is 0 Å². The maximum Gasteiger partial charge on any atom is 0.408 e. The molecule has 20 heavy (non-hydrogen) atoms. The van der Waals surface area contributed by atoms with Crippen molar-refractivity contribution in [3.05, 3.63) is 17.1 Å². The van der Waals surface area contributed by atoms with E-state index in [-0.39, 0.29) is 6.04 Å². The largest absolute Gasteiger partial charge is 0.444 e. The monoisotopic (exact) mass is 280 g/mol. The fraction of sp³-hybridized carbons (Fsp3) is 0.800. The van der Waals surface area contributed by atoms with Crippen LogP contribution in [0.1, 0.15) is 52.9 Å². The van der Waals surface area contributed by atoms with Crippen LogP contribution in [-0.2, 0) is 4.74 Å². The van der Waals surface area contributed by atoms with E-state index in [9.17, 15) is 9.70 Å². The van der Waals surface area contributed by atoms with Crippen LogP contribution in [0.4, 0.5) is 4.79 Å². The van der Waals surface area contributed by atoms with Gasteiger partial charge >= 0.3 is 6.09 Å². The number of hydrogen-bond donors (Lipinski definition) is 1. The number of amides is 1. The van der Waals surface area contributed by atoms with E-state index in [0.29, 0.717) is 12.3 Å². The molecule has 5 nitrogen and oxygen atoms in total. The van der Waals surface area contributed by atoms with Crippen molar-refractivity contribution in [1.29, 1.82) is 0 Å². The molecule has 0 spiro atoms. The van der Waals surface area contributed by atoms with Crippen molar-refractivity contribution in [2.24, 2.45) is 11.1 Å². The van der Waals surface area contributed by atoms with Gasteiger partial charge in [0.1, 0.15) is 5.60 Å². The lowest BCUT2D eigenvalue weighted by Gasteiger charge is -2.47. The summed E-state index contributed by atoms with van der Waals surface area (Å²) in [7, 11) is 0. The van der Waals surface area contributed by atoms with Crippen LogP contribution < -0.4 is 5.32 Å². The first kappa shape index (κ1) is 15.0. The lowest BCUT2D eigenvalue weighted by atomic mass is 9.64. The van der Waals surface area contributed by atoms with E-state index in [0.717, 1.165) is 31.3 Å². The summed E-state index contributed by atoms with van der Waals surface area (Å²) in [5.41, 5.74) is 0.212. The Balaban J connectivity index is 2.10. The van der Waals surface area contributed by atoms with Crippen molar-refractivity contribution in [3.63, 3.8) is 0 Å². The number of nitroso groups, excluding NO2 is 1. The summed E-state index contributed by atoms with van der Waals surface area (Å²) in [4.78, 5) is 23.0. The highest BCUT2D eigenvalue weighted by Crippen LogP contribution is 2.45. The topological polar surface area (TPSA) is 67.8 Å². The van der Waals surface area contributed by atoms with Crippen molar-refractivity contribution in [1.82, 2.24) is 5.32 Å². The molecular formula is C15H24N2O3. The first-order chi connectivity index (χ1) is 9.21. The predicted octanol–water partition coefficient (Wildman–Crippen LogP) is 3.54. The Labute approximate surface area is 120 Å². The van der Waals surface area contributed by atoms with Crippen molar-refractivity contribution in [3.8, 4) is 0 Å². The minimum Gasteiger partial charge on any atom is -0.444 e. The summed E-state index contributed by atoms with van der Waals surface area (Å²) >= 11 is 0. The molecule has 1 amide bonds. The van der Waals surface area contributed by atoms with E-state index < -0.39 is 17.2 Å². The molecule has 3 atom stereocenters. The number of carbonyl (C=O) groups excluding carboxylic acids is 1. The maximum atomic E-state index is 12.1. The van der Waals surface area contributed by atoms with E-state index in [4.69, 9.17) is 4.74 Å². The fourth-order valence-corrected chi connectivity index (χ4v) is 3.64. The summed E-state index contributed by atoms with van der Waals surface area (Å²) < 4.78 is 5.34. The highest BCUT2D eigenvalue weighted by molar-refractivity contribution is 5.69. The standard InChI is InChI=1S/C15H24N2O3/c1-10-5-11-6-12(17-19)9-15(7-10,8-11)16-13(18)20-14(2,3)4/h11-12H,1,5-9H2,2-4H3,(H,16,18). The van der Waals surface area contributed by atoms with Crippen molar-refractivity contribution < 1.29 is 9.53 Å². The Morgan fingerprint density at radius 1 is 1.45 bits per heavy atom. The van der Waals surface area contributed by atoms with Gasteiger partial charge in [-0.3, -0.25) is 0 Å². The van der Waals surface area contributed by atoms with Crippen molar-refractivity contribution in [2.75, 3.05) is 0 Å². The minimum absolute atomic E-state index is 0.211. The van der Waals surface area contributed by atoms with E-state index in [1.807, 2.05) is 20.8 Å². The molecule has 2 aliphatic rings. The summed E-state index contributed by atoms with van der Waals surface area (Å²) in [5.74, 6) is 0.391. The normalized spacial score (nSPS) is 33.5.